The summed E-state index contributed by atoms with van der Waals surface area (Å²) >= 11 is 1.78. The van der Waals surface area contributed by atoms with Gasteiger partial charge in [-0.1, -0.05) is 6.42 Å². The first-order valence-electron chi connectivity index (χ1n) is 4.63. The normalized spacial score (nSPS) is 17.4. The highest BCUT2D eigenvalue weighted by Gasteiger charge is 2.16. The molecule has 1 aliphatic carbocycles. The molecule has 0 atom stereocenters. The summed E-state index contributed by atoms with van der Waals surface area (Å²) in [4.78, 5) is 0. The molecule has 0 radical (unpaired) electrons. The van der Waals surface area contributed by atoms with E-state index in [4.69, 9.17) is 0 Å². The third kappa shape index (κ3) is 1.63. The van der Waals surface area contributed by atoms with E-state index in [0.29, 0.717) is 0 Å². The zero-order chi connectivity index (χ0) is 8.39. The Bertz CT molecular complexity index is 250. The SMILES string of the molecule is Cc1cscc1NCC1CCC1. The maximum absolute atomic E-state index is 3.51. The highest BCUT2D eigenvalue weighted by Crippen LogP contribution is 2.27. The first-order valence-corrected chi connectivity index (χ1v) is 5.57. The van der Waals surface area contributed by atoms with Gasteiger partial charge in [0.15, 0.2) is 0 Å². The van der Waals surface area contributed by atoms with Crippen LogP contribution in [0.5, 0.6) is 0 Å². The molecule has 0 unspecified atom stereocenters. The second-order valence-electron chi connectivity index (χ2n) is 3.65. The summed E-state index contributed by atoms with van der Waals surface area (Å²) in [7, 11) is 0. The molecule has 1 aliphatic rings. The lowest BCUT2D eigenvalue weighted by molar-refractivity contribution is 0.333. The van der Waals surface area contributed by atoms with Crippen LogP contribution in [0.15, 0.2) is 10.8 Å². The fourth-order valence-corrected chi connectivity index (χ4v) is 2.30. The number of aryl methyl sites for hydroxylation is 1. The molecule has 0 saturated heterocycles. The van der Waals surface area contributed by atoms with E-state index >= 15 is 0 Å². The second kappa shape index (κ2) is 3.48. The third-order valence-corrected chi connectivity index (χ3v) is 3.52. The van der Waals surface area contributed by atoms with Crippen LogP contribution in [0.4, 0.5) is 5.69 Å². The first kappa shape index (κ1) is 8.11. The third-order valence-electron chi connectivity index (χ3n) is 2.66. The molecule has 1 saturated carbocycles. The maximum atomic E-state index is 3.51. The Labute approximate surface area is 77.8 Å². The molecule has 1 heterocycles. The van der Waals surface area contributed by atoms with Crippen molar-refractivity contribution in [3.05, 3.63) is 16.3 Å². The van der Waals surface area contributed by atoms with E-state index < -0.39 is 0 Å². The van der Waals surface area contributed by atoms with Gasteiger partial charge in [0.2, 0.25) is 0 Å². The molecule has 0 bridgehead atoms. The van der Waals surface area contributed by atoms with Crippen LogP contribution in [0.3, 0.4) is 0 Å². The lowest BCUT2D eigenvalue weighted by Crippen LogP contribution is -2.20. The number of anilines is 1. The minimum absolute atomic E-state index is 0.948. The number of hydrogen-bond acceptors (Lipinski definition) is 2. The topological polar surface area (TPSA) is 12.0 Å². The Kier molecular flexibility index (Phi) is 2.35. The van der Waals surface area contributed by atoms with Crippen LogP contribution in [-0.4, -0.2) is 6.54 Å². The molecule has 12 heavy (non-hydrogen) atoms. The minimum atomic E-state index is 0.948. The quantitative estimate of drug-likeness (QED) is 0.754. The summed E-state index contributed by atoms with van der Waals surface area (Å²) < 4.78 is 0. The first-order chi connectivity index (χ1) is 5.86. The van der Waals surface area contributed by atoms with Gasteiger partial charge in [0.25, 0.3) is 0 Å². The van der Waals surface area contributed by atoms with Crippen molar-refractivity contribution in [2.24, 2.45) is 5.92 Å². The summed E-state index contributed by atoms with van der Waals surface area (Å²) in [5.74, 6) is 0.948. The Morgan fingerprint density at radius 2 is 2.33 bits per heavy atom. The van der Waals surface area contributed by atoms with Crippen molar-refractivity contribution >= 4 is 17.0 Å². The molecule has 1 N–H and O–H groups in total. The molecular weight excluding hydrogens is 166 g/mol. The van der Waals surface area contributed by atoms with E-state index in [9.17, 15) is 0 Å². The van der Waals surface area contributed by atoms with E-state index in [1.165, 1.54) is 37.1 Å². The minimum Gasteiger partial charge on any atom is -0.384 e. The zero-order valence-electron chi connectivity index (χ0n) is 7.47. The summed E-state index contributed by atoms with van der Waals surface area (Å²) in [6.07, 6.45) is 4.29. The van der Waals surface area contributed by atoms with Gasteiger partial charge in [-0.3, -0.25) is 0 Å². The van der Waals surface area contributed by atoms with Gasteiger partial charge in [-0.25, -0.2) is 0 Å². The van der Waals surface area contributed by atoms with E-state index in [2.05, 4.69) is 23.0 Å². The molecule has 1 fully saturated rings. The van der Waals surface area contributed by atoms with Gasteiger partial charge >= 0.3 is 0 Å². The molecule has 2 heteroatoms. The fourth-order valence-electron chi connectivity index (χ4n) is 1.49. The van der Waals surface area contributed by atoms with Gasteiger partial charge in [0, 0.05) is 17.6 Å². The Morgan fingerprint density at radius 3 is 2.83 bits per heavy atom. The lowest BCUT2D eigenvalue weighted by atomic mass is 9.85. The Balaban J connectivity index is 1.82. The highest BCUT2D eigenvalue weighted by atomic mass is 32.1. The van der Waals surface area contributed by atoms with E-state index in [1.807, 2.05) is 0 Å². The Morgan fingerprint density at radius 1 is 1.50 bits per heavy atom. The maximum Gasteiger partial charge on any atom is 0.0478 e. The molecule has 2 rings (SSSR count). The van der Waals surface area contributed by atoms with Crippen LogP contribution in [-0.2, 0) is 0 Å². The summed E-state index contributed by atoms with van der Waals surface area (Å²) in [5, 5.41) is 7.91. The smallest absolute Gasteiger partial charge is 0.0478 e. The molecule has 0 spiro atoms. The van der Waals surface area contributed by atoms with Gasteiger partial charge in [0.1, 0.15) is 0 Å². The van der Waals surface area contributed by atoms with Crippen LogP contribution in [0, 0.1) is 12.8 Å². The van der Waals surface area contributed by atoms with Crippen LogP contribution < -0.4 is 5.32 Å². The van der Waals surface area contributed by atoms with Gasteiger partial charge < -0.3 is 5.32 Å². The highest BCUT2D eigenvalue weighted by molar-refractivity contribution is 7.08. The number of rotatable bonds is 3. The molecule has 1 aromatic heterocycles. The van der Waals surface area contributed by atoms with Crippen LogP contribution >= 0.6 is 11.3 Å². The van der Waals surface area contributed by atoms with Crippen LogP contribution in [0.25, 0.3) is 0 Å². The summed E-state index contributed by atoms with van der Waals surface area (Å²) in [6.45, 7) is 3.34. The number of nitrogens with one attached hydrogen (secondary N) is 1. The number of hydrogen-bond donors (Lipinski definition) is 1. The zero-order valence-corrected chi connectivity index (χ0v) is 8.29. The average Bonchev–Trinajstić information content (AvgIpc) is 2.33. The van der Waals surface area contributed by atoms with E-state index in [0.717, 1.165) is 5.92 Å². The number of thiophene rings is 1. The van der Waals surface area contributed by atoms with Gasteiger partial charge in [-0.05, 0) is 36.6 Å². The molecular formula is C10H15NS. The standard InChI is InChI=1S/C10H15NS/c1-8-6-12-7-10(8)11-5-9-3-2-4-9/h6-7,9,11H,2-5H2,1H3. The predicted octanol–water partition coefficient (Wildman–Crippen LogP) is 3.27. The van der Waals surface area contributed by atoms with Gasteiger partial charge in [-0.15, -0.1) is 11.3 Å². The Hall–Kier alpha value is -0.500. The average molecular weight is 181 g/mol. The molecule has 0 aromatic carbocycles. The largest absolute Gasteiger partial charge is 0.384 e. The molecule has 66 valence electrons. The lowest BCUT2D eigenvalue weighted by Gasteiger charge is -2.25. The fraction of sp³-hybridized carbons (Fsp3) is 0.600. The molecule has 0 amide bonds. The molecule has 1 nitrogen and oxygen atoms in total. The van der Waals surface area contributed by atoms with Crippen molar-refractivity contribution in [3.8, 4) is 0 Å². The van der Waals surface area contributed by atoms with Crippen LogP contribution in [0.2, 0.25) is 0 Å². The van der Waals surface area contributed by atoms with Crippen molar-refractivity contribution in [2.45, 2.75) is 26.2 Å². The van der Waals surface area contributed by atoms with Crippen molar-refractivity contribution < 1.29 is 0 Å². The van der Waals surface area contributed by atoms with Crippen LogP contribution in [0.1, 0.15) is 24.8 Å². The second-order valence-corrected chi connectivity index (χ2v) is 4.39. The summed E-state index contributed by atoms with van der Waals surface area (Å²) in [6, 6.07) is 0. The molecule has 1 aromatic rings. The monoisotopic (exact) mass is 181 g/mol. The van der Waals surface area contributed by atoms with Crippen molar-refractivity contribution in [2.75, 3.05) is 11.9 Å². The van der Waals surface area contributed by atoms with E-state index in [-0.39, 0.29) is 0 Å². The van der Waals surface area contributed by atoms with E-state index in [1.54, 1.807) is 11.3 Å². The molecule has 0 aliphatic heterocycles. The van der Waals surface area contributed by atoms with Crippen molar-refractivity contribution in [1.29, 1.82) is 0 Å². The van der Waals surface area contributed by atoms with Gasteiger partial charge in [0.05, 0.1) is 0 Å². The van der Waals surface area contributed by atoms with Gasteiger partial charge in [-0.2, -0.15) is 0 Å². The predicted molar refractivity (Wildman–Crippen MR) is 54.9 cm³/mol. The van der Waals surface area contributed by atoms with Crippen molar-refractivity contribution in [1.82, 2.24) is 0 Å². The summed E-state index contributed by atoms with van der Waals surface area (Å²) in [5.41, 5.74) is 2.73. The van der Waals surface area contributed by atoms with Crippen molar-refractivity contribution in [3.63, 3.8) is 0 Å².